The van der Waals surface area contributed by atoms with Crippen molar-refractivity contribution in [1.82, 2.24) is 4.90 Å². The fourth-order valence-electron chi connectivity index (χ4n) is 3.22. The van der Waals surface area contributed by atoms with Gasteiger partial charge < -0.3 is 15.4 Å². The second kappa shape index (κ2) is 7.77. The van der Waals surface area contributed by atoms with Crippen molar-refractivity contribution in [2.75, 3.05) is 33.4 Å². The van der Waals surface area contributed by atoms with E-state index in [-0.39, 0.29) is 0 Å². The molecular weight excluding hydrogens is 248 g/mol. The minimum Gasteiger partial charge on any atom is -0.381 e. The minimum atomic E-state index is 0.403. The van der Waals surface area contributed by atoms with E-state index in [1.807, 2.05) is 0 Å². The average molecular weight is 276 g/mol. The standard InChI is InChI=1S/C17H28N2O/c1-14(16-6-4-3-5-7-16)17(12-18)19(2)13-15-8-10-20-11-9-15/h3-7,14-15,17H,8-13,18H2,1-2H3. The Balaban J connectivity index is 1.95. The number of rotatable bonds is 6. The summed E-state index contributed by atoms with van der Waals surface area (Å²) in [5.41, 5.74) is 7.43. The van der Waals surface area contributed by atoms with E-state index in [4.69, 9.17) is 10.5 Å². The van der Waals surface area contributed by atoms with E-state index in [1.54, 1.807) is 0 Å². The smallest absolute Gasteiger partial charge is 0.0469 e. The molecule has 0 spiro atoms. The Bertz CT molecular complexity index is 376. The lowest BCUT2D eigenvalue weighted by Gasteiger charge is -2.35. The van der Waals surface area contributed by atoms with Crippen LogP contribution in [-0.4, -0.2) is 44.3 Å². The maximum atomic E-state index is 6.05. The summed E-state index contributed by atoms with van der Waals surface area (Å²) >= 11 is 0. The molecule has 0 radical (unpaired) electrons. The predicted molar refractivity (Wildman–Crippen MR) is 83.9 cm³/mol. The van der Waals surface area contributed by atoms with Crippen LogP contribution in [0.15, 0.2) is 30.3 Å². The highest BCUT2D eigenvalue weighted by molar-refractivity contribution is 5.20. The molecule has 0 amide bonds. The highest BCUT2D eigenvalue weighted by Gasteiger charge is 2.24. The number of likely N-dealkylation sites (N-methyl/N-ethyl adjacent to an activating group) is 1. The molecule has 1 fully saturated rings. The highest BCUT2D eigenvalue weighted by Crippen LogP contribution is 2.24. The molecule has 1 saturated heterocycles. The van der Waals surface area contributed by atoms with Crippen LogP contribution in [0.4, 0.5) is 0 Å². The van der Waals surface area contributed by atoms with Crippen molar-refractivity contribution in [2.45, 2.75) is 31.7 Å². The van der Waals surface area contributed by atoms with Crippen LogP contribution in [0.2, 0.25) is 0 Å². The molecule has 0 bridgehead atoms. The molecule has 3 nitrogen and oxygen atoms in total. The van der Waals surface area contributed by atoms with Gasteiger partial charge in [0.15, 0.2) is 0 Å². The second-order valence-electron chi connectivity index (χ2n) is 6.00. The van der Waals surface area contributed by atoms with Crippen molar-refractivity contribution in [3.8, 4) is 0 Å². The van der Waals surface area contributed by atoms with Crippen molar-refractivity contribution in [3.05, 3.63) is 35.9 Å². The molecule has 2 atom stereocenters. The first-order valence-electron chi connectivity index (χ1n) is 7.75. The van der Waals surface area contributed by atoms with Gasteiger partial charge in [-0.1, -0.05) is 37.3 Å². The van der Waals surface area contributed by atoms with Gasteiger partial charge in [0.1, 0.15) is 0 Å². The van der Waals surface area contributed by atoms with Crippen LogP contribution >= 0.6 is 0 Å². The van der Waals surface area contributed by atoms with Crippen molar-refractivity contribution < 1.29 is 4.74 Å². The van der Waals surface area contributed by atoms with Gasteiger partial charge in [-0.15, -0.1) is 0 Å². The molecule has 0 aliphatic carbocycles. The Labute approximate surface area is 123 Å². The number of nitrogens with two attached hydrogens (primary N) is 1. The molecule has 1 heterocycles. The predicted octanol–water partition coefficient (Wildman–Crippen LogP) is 2.48. The summed E-state index contributed by atoms with van der Waals surface area (Å²) in [6.45, 7) is 5.95. The molecule has 1 aromatic carbocycles. The lowest BCUT2D eigenvalue weighted by molar-refractivity contribution is 0.0492. The van der Waals surface area contributed by atoms with Gasteiger partial charge in [0.05, 0.1) is 0 Å². The quantitative estimate of drug-likeness (QED) is 0.867. The number of hydrogen-bond acceptors (Lipinski definition) is 3. The topological polar surface area (TPSA) is 38.5 Å². The number of ether oxygens (including phenoxy) is 1. The lowest BCUT2D eigenvalue weighted by Crippen LogP contribution is -2.44. The Kier molecular flexibility index (Phi) is 6.02. The van der Waals surface area contributed by atoms with Crippen molar-refractivity contribution in [3.63, 3.8) is 0 Å². The first-order valence-corrected chi connectivity index (χ1v) is 7.75. The number of benzene rings is 1. The molecular formula is C17H28N2O. The first kappa shape index (κ1) is 15.5. The Hall–Kier alpha value is -0.900. The molecule has 2 N–H and O–H groups in total. The van der Waals surface area contributed by atoms with E-state index >= 15 is 0 Å². The molecule has 20 heavy (non-hydrogen) atoms. The fourth-order valence-corrected chi connectivity index (χ4v) is 3.22. The second-order valence-corrected chi connectivity index (χ2v) is 6.00. The fraction of sp³-hybridized carbons (Fsp3) is 0.647. The van der Waals surface area contributed by atoms with Gasteiger partial charge in [-0.2, -0.15) is 0 Å². The maximum absolute atomic E-state index is 6.05. The molecule has 112 valence electrons. The van der Waals surface area contributed by atoms with Crippen molar-refractivity contribution >= 4 is 0 Å². The Morgan fingerprint density at radius 3 is 2.50 bits per heavy atom. The summed E-state index contributed by atoms with van der Waals surface area (Å²) in [5, 5.41) is 0. The van der Waals surface area contributed by atoms with Gasteiger partial charge in [0, 0.05) is 32.3 Å². The van der Waals surface area contributed by atoms with Crippen LogP contribution in [-0.2, 0) is 4.74 Å². The molecule has 3 heteroatoms. The van der Waals surface area contributed by atoms with Gasteiger partial charge in [-0.25, -0.2) is 0 Å². The number of nitrogens with zero attached hydrogens (tertiary/aromatic N) is 1. The summed E-state index contributed by atoms with van der Waals surface area (Å²) in [6.07, 6.45) is 2.36. The third-order valence-electron chi connectivity index (χ3n) is 4.60. The largest absolute Gasteiger partial charge is 0.381 e. The third-order valence-corrected chi connectivity index (χ3v) is 4.60. The monoisotopic (exact) mass is 276 g/mol. The Morgan fingerprint density at radius 1 is 1.25 bits per heavy atom. The third kappa shape index (κ3) is 4.05. The van der Waals surface area contributed by atoms with Gasteiger partial charge in [0.2, 0.25) is 0 Å². The molecule has 2 unspecified atom stereocenters. The van der Waals surface area contributed by atoms with Crippen LogP contribution in [0.25, 0.3) is 0 Å². The zero-order chi connectivity index (χ0) is 14.4. The van der Waals surface area contributed by atoms with Crippen molar-refractivity contribution in [1.29, 1.82) is 0 Å². The van der Waals surface area contributed by atoms with Gasteiger partial charge >= 0.3 is 0 Å². The molecule has 2 rings (SSSR count). The lowest BCUT2D eigenvalue weighted by atomic mass is 9.91. The van der Waals surface area contributed by atoms with Gasteiger partial charge in [-0.05, 0) is 37.3 Å². The van der Waals surface area contributed by atoms with E-state index in [9.17, 15) is 0 Å². The summed E-state index contributed by atoms with van der Waals surface area (Å²) in [4.78, 5) is 2.45. The summed E-state index contributed by atoms with van der Waals surface area (Å²) < 4.78 is 5.44. The first-order chi connectivity index (χ1) is 9.72. The number of hydrogen-bond donors (Lipinski definition) is 1. The summed E-state index contributed by atoms with van der Waals surface area (Å²) in [7, 11) is 2.21. The van der Waals surface area contributed by atoms with Gasteiger partial charge in [-0.3, -0.25) is 0 Å². The molecule has 1 aliphatic heterocycles. The summed E-state index contributed by atoms with van der Waals surface area (Å²) in [6, 6.07) is 11.1. The molecule has 0 saturated carbocycles. The van der Waals surface area contributed by atoms with E-state index in [1.165, 1.54) is 18.4 Å². The zero-order valence-electron chi connectivity index (χ0n) is 12.8. The normalized spacial score (nSPS) is 20.0. The van der Waals surface area contributed by atoms with E-state index in [0.29, 0.717) is 18.5 Å². The molecule has 1 aromatic rings. The van der Waals surface area contributed by atoms with Crippen LogP contribution in [0, 0.1) is 5.92 Å². The van der Waals surface area contributed by atoms with E-state index in [2.05, 4.69) is 49.2 Å². The van der Waals surface area contributed by atoms with E-state index in [0.717, 1.165) is 25.7 Å². The van der Waals surface area contributed by atoms with Crippen molar-refractivity contribution in [2.24, 2.45) is 11.7 Å². The zero-order valence-corrected chi connectivity index (χ0v) is 12.8. The van der Waals surface area contributed by atoms with Crippen LogP contribution in [0.1, 0.15) is 31.2 Å². The van der Waals surface area contributed by atoms with Crippen LogP contribution in [0.5, 0.6) is 0 Å². The maximum Gasteiger partial charge on any atom is 0.0469 e. The summed E-state index contributed by atoms with van der Waals surface area (Å²) in [5.74, 6) is 1.22. The average Bonchev–Trinajstić information content (AvgIpc) is 2.49. The van der Waals surface area contributed by atoms with E-state index < -0.39 is 0 Å². The van der Waals surface area contributed by atoms with Crippen LogP contribution < -0.4 is 5.73 Å². The van der Waals surface area contributed by atoms with Crippen LogP contribution in [0.3, 0.4) is 0 Å². The SMILES string of the molecule is CC(c1ccccc1)C(CN)N(C)CC1CCOCC1. The highest BCUT2D eigenvalue weighted by atomic mass is 16.5. The Morgan fingerprint density at radius 2 is 1.90 bits per heavy atom. The molecule has 0 aromatic heterocycles. The van der Waals surface area contributed by atoms with Gasteiger partial charge in [0.25, 0.3) is 0 Å². The minimum absolute atomic E-state index is 0.403. The molecule has 1 aliphatic rings.